The largest absolute Gasteiger partial charge is 0.497 e. The van der Waals surface area contributed by atoms with Gasteiger partial charge in [0.1, 0.15) is 5.75 Å². The van der Waals surface area contributed by atoms with Crippen LogP contribution in [0.5, 0.6) is 5.75 Å². The van der Waals surface area contributed by atoms with E-state index >= 15 is 0 Å². The van der Waals surface area contributed by atoms with Crippen molar-refractivity contribution in [2.24, 2.45) is 0 Å². The number of ether oxygens (including phenoxy) is 1. The summed E-state index contributed by atoms with van der Waals surface area (Å²) in [6.07, 6.45) is 2.29. The van der Waals surface area contributed by atoms with Crippen LogP contribution in [0, 0.1) is 0 Å². The van der Waals surface area contributed by atoms with Gasteiger partial charge >= 0.3 is 0 Å². The Kier molecular flexibility index (Phi) is 4.41. The molecule has 0 aromatic heterocycles. The van der Waals surface area contributed by atoms with Crippen LogP contribution in [-0.2, 0) is 10.7 Å². The van der Waals surface area contributed by atoms with E-state index in [0.717, 1.165) is 23.6 Å². The van der Waals surface area contributed by atoms with Gasteiger partial charge in [-0.05, 0) is 30.0 Å². The molecule has 84 valence electrons. The summed E-state index contributed by atoms with van der Waals surface area (Å²) >= 11 is 0. The first-order valence-electron chi connectivity index (χ1n) is 5.33. The number of rotatable bonds is 5. The zero-order valence-corrected chi connectivity index (χ0v) is 10.6. The molecule has 0 aliphatic carbocycles. The van der Waals surface area contributed by atoms with Gasteiger partial charge in [0.15, 0.2) is 0 Å². The van der Waals surface area contributed by atoms with Crippen LogP contribution in [0.1, 0.15) is 19.4 Å². The topological polar surface area (TPSA) is 26.3 Å². The molecule has 0 spiro atoms. The van der Waals surface area contributed by atoms with E-state index in [1.165, 1.54) is 0 Å². The Labute approximate surface area is 92.0 Å². The van der Waals surface area contributed by atoms with Crippen molar-refractivity contribution in [3.63, 3.8) is 0 Å². The van der Waals surface area contributed by atoms with Gasteiger partial charge in [-0.25, -0.2) is 0 Å². The molecule has 0 aliphatic rings. The maximum Gasteiger partial charge on any atom is 0.118 e. The zero-order chi connectivity index (χ0) is 11.3. The predicted molar refractivity (Wildman–Crippen MR) is 65.4 cm³/mol. The molecule has 0 aliphatic heterocycles. The molecule has 15 heavy (non-hydrogen) atoms. The Balaban J connectivity index is 2.76. The second-order valence-electron chi connectivity index (χ2n) is 3.70. The van der Waals surface area contributed by atoms with Gasteiger partial charge in [-0.1, -0.05) is 26.0 Å². The van der Waals surface area contributed by atoms with Gasteiger partial charge in [-0.3, -0.25) is 0 Å². The van der Waals surface area contributed by atoms with E-state index in [-0.39, 0.29) is 0 Å². The summed E-state index contributed by atoms with van der Waals surface area (Å²) in [7, 11) is -0.317. The molecule has 0 amide bonds. The minimum absolute atomic E-state index is 0.712. The molecule has 1 aromatic rings. The third kappa shape index (κ3) is 3.39. The molecule has 0 saturated heterocycles. The monoisotopic (exact) mass is 226 g/mol. The Morgan fingerprint density at radius 2 is 1.67 bits per heavy atom. The summed E-state index contributed by atoms with van der Waals surface area (Å²) in [5, 5.41) is 0. The molecule has 0 atom stereocenters. The summed E-state index contributed by atoms with van der Waals surface area (Å²) in [4.78, 5) is 0. The average molecular weight is 226 g/mol. The first kappa shape index (κ1) is 12.3. The molecular formula is C12H19O2P. The lowest BCUT2D eigenvalue weighted by Gasteiger charge is -2.14. The Morgan fingerprint density at radius 1 is 1.13 bits per heavy atom. The van der Waals surface area contributed by atoms with Crippen molar-refractivity contribution in [2.45, 2.75) is 20.0 Å². The molecule has 2 nitrogen and oxygen atoms in total. The zero-order valence-electron chi connectivity index (χ0n) is 9.69. The molecular weight excluding hydrogens is 207 g/mol. The van der Waals surface area contributed by atoms with Crippen molar-refractivity contribution in [2.75, 3.05) is 19.4 Å². The van der Waals surface area contributed by atoms with Crippen molar-refractivity contribution in [3.05, 3.63) is 29.8 Å². The van der Waals surface area contributed by atoms with Gasteiger partial charge in [0.05, 0.1) is 14.3 Å². The number of hydrogen-bond donors (Lipinski definition) is 0. The predicted octanol–water partition coefficient (Wildman–Crippen LogP) is 3.60. The van der Waals surface area contributed by atoms with Crippen LogP contribution in [0.2, 0.25) is 0 Å². The van der Waals surface area contributed by atoms with Gasteiger partial charge in [0.25, 0.3) is 0 Å². The Bertz CT molecular complexity index is 335. The standard InChI is InChI=1S/C12H19O2P/c1-4-15(13,5-2)10-11-6-8-12(14-3)9-7-11/h6-9H,4-5,10H2,1-3H3. The second-order valence-corrected chi connectivity index (χ2v) is 7.39. The highest BCUT2D eigenvalue weighted by atomic mass is 31.2. The minimum Gasteiger partial charge on any atom is -0.497 e. The van der Waals surface area contributed by atoms with E-state index in [1.54, 1.807) is 7.11 Å². The number of hydrogen-bond acceptors (Lipinski definition) is 2. The quantitative estimate of drug-likeness (QED) is 0.717. The third-order valence-electron chi connectivity index (χ3n) is 2.78. The summed E-state index contributed by atoms with van der Waals surface area (Å²) in [5.74, 6) is 0.849. The Morgan fingerprint density at radius 3 is 2.07 bits per heavy atom. The first-order chi connectivity index (χ1) is 7.13. The molecule has 3 heteroatoms. The van der Waals surface area contributed by atoms with Gasteiger partial charge in [0, 0.05) is 6.16 Å². The molecule has 0 bridgehead atoms. The lowest BCUT2D eigenvalue weighted by atomic mass is 10.2. The van der Waals surface area contributed by atoms with Crippen molar-refractivity contribution in [1.82, 2.24) is 0 Å². The van der Waals surface area contributed by atoms with Crippen LogP contribution >= 0.6 is 7.14 Å². The van der Waals surface area contributed by atoms with E-state index in [1.807, 2.05) is 38.1 Å². The maximum absolute atomic E-state index is 12.2. The van der Waals surface area contributed by atoms with E-state index < -0.39 is 7.14 Å². The smallest absolute Gasteiger partial charge is 0.118 e. The fourth-order valence-corrected chi connectivity index (χ4v) is 3.28. The van der Waals surface area contributed by atoms with E-state index in [0.29, 0.717) is 6.16 Å². The van der Waals surface area contributed by atoms with Gasteiger partial charge in [0.2, 0.25) is 0 Å². The highest BCUT2D eigenvalue weighted by Crippen LogP contribution is 2.48. The van der Waals surface area contributed by atoms with Crippen LogP contribution in [0.25, 0.3) is 0 Å². The SMILES string of the molecule is CCP(=O)(CC)Cc1ccc(OC)cc1. The summed E-state index contributed by atoms with van der Waals surface area (Å²) in [5.41, 5.74) is 1.14. The first-order valence-corrected chi connectivity index (χ1v) is 7.60. The van der Waals surface area contributed by atoms with Crippen molar-refractivity contribution < 1.29 is 9.30 Å². The van der Waals surface area contributed by atoms with Crippen molar-refractivity contribution >= 4 is 7.14 Å². The van der Waals surface area contributed by atoms with E-state index in [4.69, 9.17) is 4.74 Å². The molecule has 0 unspecified atom stereocenters. The van der Waals surface area contributed by atoms with Crippen LogP contribution < -0.4 is 4.74 Å². The van der Waals surface area contributed by atoms with Crippen molar-refractivity contribution in [1.29, 1.82) is 0 Å². The minimum atomic E-state index is -1.97. The molecule has 0 N–H and O–H groups in total. The maximum atomic E-state index is 12.2. The molecule has 0 fully saturated rings. The number of benzene rings is 1. The van der Waals surface area contributed by atoms with Crippen molar-refractivity contribution in [3.8, 4) is 5.75 Å². The molecule has 0 heterocycles. The lowest BCUT2D eigenvalue weighted by Crippen LogP contribution is -1.94. The molecule has 1 rings (SSSR count). The fraction of sp³-hybridized carbons (Fsp3) is 0.500. The third-order valence-corrected chi connectivity index (χ3v) is 6.03. The highest BCUT2D eigenvalue weighted by Gasteiger charge is 2.17. The highest BCUT2D eigenvalue weighted by molar-refractivity contribution is 7.63. The Hall–Kier alpha value is -0.750. The van der Waals surface area contributed by atoms with Gasteiger partial charge < -0.3 is 9.30 Å². The van der Waals surface area contributed by atoms with Gasteiger partial charge in [-0.2, -0.15) is 0 Å². The van der Waals surface area contributed by atoms with Crippen LogP contribution in [-0.4, -0.2) is 19.4 Å². The van der Waals surface area contributed by atoms with E-state index in [9.17, 15) is 4.57 Å². The van der Waals surface area contributed by atoms with Crippen LogP contribution in [0.15, 0.2) is 24.3 Å². The summed E-state index contributed by atoms with van der Waals surface area (Å²) < 4.78 is 17.3. The van der Waals surface area contributed by atoms with Crippen LogP contribution in [0.3, 0.4) is 0 Å². The second kappa shape index (κ2) is 5.37. The molecule has 1 aromatic carbocycles. The lowest BCUT2D eigenvalue weighted by molar-refractivity contribution is 0.414. The average Bonchev–Trinajstić information content (AvgIpc) is 2.30. The van der Waals surface area contributed by atoms with Crippen LogP contribution in [0.4, 0.5) is 0 Å². The number of methoxy groups -OCH3 is 1. The van der Waals surface area contributed by atoms with Gasteiger partial charge in [-0.15, -0.1) is 0 Å². The molecule has 0 radical (unpaired) electrons. The fourth-order valence-electron chi connectivity index (χ4n) is 1.51. The van der Waals surface area contributed by atoms with E-state index in [2.05, 4.69) is 0 Å². The molecule has 0 saturated carbocycles. The summed E-state index contributed by atoms with van der Waals surface area (Å²) in [6, 6.07) is 7.84. The summed E-state index contributed by atoms with van der Waals surface area (Å²) in [6.45, 7) is 4.02. The normalized spacial score (nSPS) is 11.4.